The van der Waals surface area contributed by atoms with Crippen LogP contribution in [0.4, 0.5) is 4.79 Å². The second-order valence-electron chi connectivity index (χ2n) is 3.96. The van der Waals surface area contributed by atoms with Crippen molar-refractivity contribution in [1.82, 2.24) is 15.5 Å². The first-order valence-corrected chi connectivity index (χ1v) is 5.55. The van der Waals surface area contributed by atoms with E-state index in [1.165, 1.54) is 0 Å². The monoisotopic (exact) mass is 257 g/mol. The normalized spacial score (nSPS) is 17.1. The van der Waals surface area contributed by atoms with Crippen LogP contribution < -0.4 is 10.6 Å². The van der Waals surface area contributed by atoms with Gasteiger partial charge in [-0.25, -0.2) is 9.59 Å². The van der Waals surface area contributed by atoms with Gasteiger partial charge in [-0.05, 0) is 6.42 Å². The van der Waals surface area contributed by atoms with Gasteiger partial charge in [0.05, 0.1) is 0 Å². The van der Waals surface area contributed by atoms with Crippen LogP contribution in [-0.4, -0.2) is 53.0 Å². The number of amides is 4. The van der Waals surface area contributed by atoms with Gasteiger partial charge >= 0.3 is 12.0 Å². The molecule has 0 radical (unpaired) electrons. The van der Waals surface area contributed by atoms with Crippen molar-refractivity contribution in [3.63, 3.8) is 0 Å². The minimum absolute atomic E-state index is 0.254. The number of urea groups is 1. The number of piperazine rings is 1. The maximum atomic E-state index is 11.7. The second kappa shape index (κ2) is 5.99. The summed E-state index contributed by atoms with van der Waals surface area (Å²) in [6.45, 7) is 1.28. The van der Waals surface area contributed by atoms with Gasteiger partial charge in [0.1, 0.15) is 19.1 Å². The van der Waals surface area contributed by atoms with Gasteiger partial charge in [-0.3, -0.25) is 14.9 Å². The Labute approximate surface area is 103 Å². The van der Waals surface area contributed by atoms with E-state index in [9.17, 15) is 19.2 Å². The lowest BCUT2D eigenvalue weighted by atomic mass is 10.2. The number of carboxylic acid groups (broad SMARTS) is 1. The van der Waals surface area contributed by atoms with Crippen molar-refractivity contribution in [3.8, 4) is 0 Å². The third-order valence-electron chi connectivity index (χ3n) is 2.41. The summed E-state index contributed by atoms with van der Waals surface area (Å²) in [5, 5.41) is 13.2. The maximum Gasteiger partial charge on any atom is 0.326 e. The lowest BCUT2D eigenvalue weighted by molar-refractivity contribution is -0.139. The molecule has 0 unspecified atom stereocenters. The zero-order valence-electron chi connectivity index (χ0n) is 9.93. The van der Waals surface area contributed by atoms with Crippen LogP contribution in [0.25, 0.3) is 0 Å². The summed E-state index contributed by atoms with van der Waals surface area (Å²) in [6.07, 6.45) is 0.881. The van der Waals surface area contributed by atoms with Crippen LogP contribution in [0.1, 0.15) is 19.8 Å². The molecule has 0 aromatic carbocycles. The van der Waals surface area contributed by atoms with Crippen LogP contribution >= 0.6 is 0 Å². The minimum Gasteiger partial charge on any atom is -0.480 e. The van der Waals surface area contributed by atoms with E-state index in [4.69, 9.17) is 5.11 Å². The van der Waals surface area contributed by atoms with E-state index < -0.39 is 29.9 Å². The Balaban J connectivity index is 2.60. The summed E-state index contributed by atoms with van der Waals surface area (Å²) in [7, 11) is 0. The van der Waals surface area contributed by atoms with Gasteiger partial charge in [-0.1, -0.05) is 13.3 Å². The summed E-state index contributed by atoms with van der Waals surface area (Å²) < 4.78 is 0. The highest BCUT2D eigenvalue weighted by Gasteiger charge is 2.28. The van der Waals surface area contributed by atoms with Gasteiger partial charge in [0.2, 0.25) is 11.8 Å². The molecule has 1 aliphatic rings. The number of hydrogen-bond acceptors (Lipinski definition) is 4. The fourth-order valence-electron chi connectivity index (χ4n) is 1.57. The van der Waals surface area contributed by atoms with E-state index in [0.717, 1.165) is 4.90 Å². The standard InChI is InChI=1S/C10H15N3O5/c1-2-3-6(9(16)17)11-10(18)13-4-7(14)12-8(15)5-13/h6H,2-5H2,1H3,(H,11,18)(H,16,17)(H,12,14,15)/t6-/m0/s1. The van der Waals surface area contributed by atoms with Gasteiger partial charge in [-0.15, -0.1) is 0 Å². The third kappa shape index (κ3) is 3.72. The summed E-state index contributed by atoms with van der Waals surface area (Å²) >= 11 is 0. The molecular weight excluding hydrogens is 242 g/mol. The quantitative estimate of drug-likeness (QED) is 0.553. The topological polar surface area (TPSA) is 116 Å². The summed E-state index contributed by atoms with van der Waals surface area (Å²) in [6, 6.07) is -1.73. The van der Waals surface area contributed by atoms with Crippen molar-refractivity contribution in [1.29, 1.82) is 0 Å². The molecule has 0 aromatic rings. The summed E-state index contributed by atoms with van der Waals surface area (Å²) in [5.74, 6) is -2.30. The number of imide groups is 1. The SMILES string of the molecule is CCC[C@H](NC(=O)N1CC(=O)NC(=O)C1)C(=O)O. The fraction of sp³-hybridized carbons (Fsp3) is 0.600. The molecule has 1 heterocycles. The van der Waals surface area contributed by atoms with Crippen LogP contribution in [-0.2, 0) is 14.4 Å². The molecule has 1 saturated heterocycles. The van der Waals surface area contributed by atoms with Crippen molar-refractivity contribution >= 4 is 23.8 Å². The number of rotatable bonds is 4. The Hall–Kier alpha value is -2.12. The summed E-state index contributed by atoms with van der Waals surface area (Å²) in [4.78, 5) is 45.7. The van der Waals surface area contributed by atoms with Crippen molar-refractivity contribution in [2.45, 2.75) is 25.8 Å². The van der Waals surface area contributed by atoms with E-state index >= 15 is 0 Å². The molecule has 1 aliphatic heterocycles. The molecule has 0 aromatic heterocycles. The number of nitrogens with zero attached hydrogens (tertiary/aromatic N) is 1. The second-order valence-corrected chi connectivity index (χ2v) is 3.96. The Morgan fingerprint density at radius 1 is 1.39 bits per heavy atom. The highest BCUT2D eigenvalue weighted by atomic mass is 16.4. The Morgan fingerprint density at radius 3 is 2.39 bits per heavy atom. The Kier molecular flexibility index (Phi) is 4.64. The van der Waals surface area contributed by atoms with Crippen molar-refractivity contribution in [3.05, 3.63) is 0 Å². The Morgan fingerprint density at radius 2 is 1.94 bits per heavy atom. The van der Waals surface area contributed by atoms with Gasteiger partial charge in [0.25, 0.3) is 0 Å². The van der Waals surface area contributed by atoms with E-state index in [-0.39, 0.29) is 19.5 Å². The van der Waals surface area contributed by atoms with E-state index in [1.54, 1.807) is 6.92 Å². The third-order valence-corrected chi connectivity index (χ3v) is 2.41. The predicted octanol–water partition coefficient (Wildman–Crippen LogP) is -1.09. The van der Waals surface area contributed by atoms with Crippen LogP contribution in [0.15, 0.2) is 0 Å². The minimum atomic E-state index is -1.14. The first-order valence-electron chi connectivity index (χ1n) is 5.55. The average molecular weight is 257 g/mol. The zero-order chi connectivity index (χ0) is 13.7. The molecular formula is C10H15N3O5. The zero-order valence-corrected chi connectivity index (χ0v) is 9.93. The van der Waals surface area contributed by atoms with E-state index in [0.29, 0.717) is 6.42 Å². The first-order chi connectivity index (χ1) is 8.43. The van der Waals surface area contributed by atoms with Crippen LogP contribution in [0, 0.1) is 0 Å². The Bertz CT molecular complexity index is 366. The summed E-state index contributed by atoms with van der Waals surface area (Å²) in [5.41, 5.74) is 0. The first kappa shape index (κ1) is 13.9. The molecule has 0 aliphatic carbocycles. The molecule has 0 bridgehead atoms. The highest BCUT2D eigenvalue weighted by Crippen LogP contribution is 2.01. The molecule has 8 nitrogen and oxygen atoms in total. The molecule has 8 heteroatoms. The molecule has 100 valence electrons. The van der Waals surface area contributed by atoms with Gasteiger partial charge < -0.3 is 15.3 Å². The number of nitrogens with one attached hydrogen (secondary N) is 2. The highest BCUT2D eigenvalue weighted by molar-refractivity contribution is 6.02. The van der Waals surface area contributed by atoms with E-state index in [2.05, 4.69) is 5.32 Å². The lowest BCUT2D eigenvalue weighted by Gasteiger charge is -2.27. The van der Waals surface area contributed by atoms with E-state index in [1.807, 2.05) is 5.32 Å². The molecule has 1 atom stereocenters. The number of carbonyl (C=O) groups is 4. The van der Waals surface area contributed by atoms with Crippen LogP contribution in [0.3, 0.4) is 0 Å². The van der Waals surface area contributed by atoms with Crippen molar-refractivity contribution < 1.29 is 24.3 Å². The van der Waals surface area contributed by atoms with Crippen LogP contribution in [0.5, 0.6) is 0 Å². The van der Waals surface area contributed by atoms with Gasteiger partial charge in [0.15, 0.2) is 0 Å². The van der Waals surface area contributed by atoms with Crippen molar-refractivity contribution in [2.24, 2.45) is 0 Å². The molecule has 1 rings (SSSR count). The lowest BCUT2D eigenvalue weighted by Crippen LogP contribution is -2.57. The number of aliphatic carboxylic acids is 1. The number of hydrogen-bond donors (Lipinski definition) is 3. The van der Waals surface area contributed by atoms with Gasteiger partial charge in [-0.2, -0.15) is 0 Å². The molecule has 4 amide bonds. The molecule has 0 saturated carbocycles. The van der Waals surface area contributed by atoms with Gasteiger partial charge in [0, 0.05) is 0 Å². The molecule has 18 heavy (non-hydrogen) atoms. The van der Waals surface area contributed by atoms with Crippen molar-refractivity contribution in [2.75, 3.05) is 13.1 Å². The number of carboxylic acids is 1. The predicted molar refractivity (Wildman–Crippen MR) is 59.6 cm³/mol. The molecule has 1 fully saturated rings. The van der Waals surface area contributed by atoms with Crippen LogP contribution in [0.2, 0.25) is 0 Å². The fourth-order valence-corrected chi connectivity index (χ4v) is 1.57. The largest absolute Gasteiger partial charge is 0.480 e. The number of carbonyl (C=O) groups excluding carboxylic acids is 3. The smallest absolute Gasteiger partial charge is 0.326 e. The maximum absolute atomic E-state index is 11.7. The average Bonchev–Trinajstić information content (AvgIpc) is 2.26. The molecule has 3 N–H and O–H groups in total. The molecule has 0 spiro atoms.